The Kier molecular flexibility index (Phi) is 96.6. The first-order valence-corrected chi connectivity index (χ1v) is 10.2. The van der Waals surface area contributed by atoms with Crippen LogP contribution in [0, 0.1) is 37.5 Å². The summed E-state index contributed by atoms with van der Waals surface area (Å²) in [6.07, 6.45) is 9.83. The fourth-order valence-corrected chi connectivity index (χ4v) is 2.16. The first-order valence-electron chi connectivity index (χ1n) is 7.64. The van der Waals surface area contributed by atoms with Gasteiger partial charge in [0, 0.05) is 199 Å². The fraction of sp³-hybridized carbons (Fsp3) is 0.765. The average molecular weight is 1100 g/mol. The Morgan fingerprint density at radius 2 is 1.23 bits per heavy atom. The number of hydrogen-bond donors (Lipinski definition) is 2. The third-order valence-electron chi connectivity index (χ3n) is 3.33. The van der Waals surface area contributed by atoms with Crippen LogP contribution in [0.4, 0.5) is 0 Å². The molecular weight excluding hydrogens is 1070 g/mol. The Balaban J connectivity index is -0.0000000282. The molecule has 4 unspecified atom stereocenters. The first kappa shape index (κ1) is 60.4. The standard InChI is InChI=1S/C7H12O2.C7H12O.2CH3OP.CH4.2W.4Y/c1-2-6-3-4-9-5-7(6)8;1-2-6-4-3-5-7(6)8;2*1-3-2;;;;;;;/h2-3,6-8H,4-5H2,1H3;2,4,6-8H,3,5H2,1H3;2*1H3;1H4;;;;;;/q2*-2;;;;;;;;;. The second-order valence-electron chi connectivity index (χ2n) is 4.91. The molecule has 2 N–H and O–H groups in total. The van der Waals surface area contributed by atoms with Crippen molar-refractivity contribution in [2.75, 3.05) is 26.5 Å². The summed E-state index contributed by atoms with van der Waals surface area (Å²) in [7, 11) is 0.333. The molecule has 4 radical (unpaired) electrons. The van der Waals surface area contributed by atoms with E-state index in [-0.39, 0.29) is 215 Å². The molecule has 5 nitrogen and oxygen atoms in total. The predicted octanol–water partition coefficient (Wildman–Crippen LogP) is 4.04. The molecule has 1 heterocycles. The molecule has 2 fully saturated rings. The van der Waals surface area contributed by atoms with Gasteiger partial charge in [-0.3, -0.25) is 21.0 Å². The van der Waals surface area contributed by atoms with Gasteiger partial charge < -0.3 is 40.6 Å². The van der Waals surface area contributed by atoms with Crippen molar-refractivity contribution < 1.29 is 197 Å². The zero-order chi connectivity index (χ0) is 18.1. The van der Waals surface area contributed by atoms with Crippen molar-refractivity contribution in [3.63, 3.8) is 0 Å². The Morgan fingerprint density at radius 3 is 1.43 bits per heavy atom. The van der Waals surface area contributed by atoms with Crippen LogP contribution in [-0.2, 0) is 187 Å². The van der Waals surface area contributed by atoms with Crippen molar-refractivity contribution in [1.29, 1.82) is 0 Å². The van der Waals surface area contributed by atoms with Gasteiger partial charge in [0.15, 0.2) is 16.9 Å². The minimum atomic E-state index is -0.316. The second-order valence-corrected chi connectivity index (χ2v) is 5.64. The number of aliphatic hydroxyl groups is 2. The SMILES string of the molecule is C.CP=O.CP=O.C[CH-]C1[CH-]CCC1O.C[CH-]C1[CH-]COCC1O.[W].[W].[Y].[Y].[Y].[Y]. The Morgan fingerprint density at radius 1 is 0.867 bits per heavy atom. The van der Waals surface area contributed by atoms with Crippen molar-refractivity contribution >= 4 is 16.9 Å². The summed E-state index contributed by atoms with van der Waals surface area (Å²) in [6.45, 7) is 8.18. The van der Waals surface area contributed by atoms with E-state index in [1.54, 1.807) is 13.3 Å². The smallest absolute Gasteiger partial charge is 0.151 e. The maximum absolute atomic E-state index is 9.18. The molecule has 2 aliphatic rings. The van der Waals surface area contributed by atoms with E-state index in [0.717, 1.165) is 12.8 Å². The molecule has 0 spiro atoms. The van der Waals surface area contributed by atoms with Crippen LogP contribution in [0.3, 0.4) is 0 Å². The van der Waals surface area contributed by atoms with Gasteiger partial charge in [0.2, 0.25) is 0 Å². The summed E-state index contributed by atoms with van der Waals surface area (Å²) in [5.41, 5.74) is 0. The molecule has 0 aromatic rings. The summed E-state index contributed by atoms with van der Waals surface area (Å²) in [5.74, 6) is 0.605. The molecule has 0 amide bonds. The number of aliphatic hydroxyl groups excluding tert-OH is 2. The van der Waals surface area contributed by atoms with E-state index in [9.17, 15) is 5.11 Å². The van der Waals surface area contributed by atoms with Crippen molar-refractivity contribution in [1.82, 2.24) is 0 Å². The third-order valence-corrected chi connectivity index (χ3v) is 3.33. The summed E-state index contributed by atoms with van der Waals surface area (Å²) in [4.78, 5) is 0. The molecule has 1 aliphatic heterocycles. The van der Waals surface area contributed by atoms with E-state index in [4.69, 9.17) is 19.0 Å². The van der Waals surface area contributed by atoms with Crippen molar-refractivity contribution in [2.45, 2.75) is 46.3 Å². The molecular formula is C17H34O5P2W2Y4-4. The monoisotopic (exact) mass is 1100 g/mol. The van der Waals surface area contributed by atoms with E-state index in [1.807, 2.05) is 26.7 Å². The predicted molar refractivity (Wildman–Crippen MR) is 101 cm³/mol. The van der Waals surface area contributed by atoms with E-state index >= 15 is 0 Å². The van der Waals surface area contributed by atoms with Crippen LogP contribution in [-0.4, -0.2) is 49.0 Å². The fourth-order valence-electron chi connectivity index (χ4n) is 2.16. The topological polar surface area (TPSA) is 83.8 Å². The van der Waals surface area contributed by atoms with Crippen LogP contribution >= 0.6 is 16.9 Å². The van der Waals surface area contributed by atoms with Gasteiger partial charge in [-0.1, -0.05) is 20.5 Å². The number of rotatable bonds is 2. The van der Waals surface area contributed by atoms with Crippen molar-refractivity contribution in [3.8, 4) is 0 Å². The van der Waals surface area contributed by atoms with Gasteiger partial charge in [0.1, 0.15) is 0 Å². The maximum atomic E-state index is 9.18. The summed E-state index contributed by atoms with van der Waals surface area (Å²) in [5, 5.41) is 18.3. The second kappa shape index (κ2) is 48.0. The van der Waals surface area contributed by atoms with Crippen molar-refractivity contribution in [2.24, 2.45) is 11.8 Å². The zero-order valence-corrected chi connectivity index (χ0v) is 36.6. The van der Waals surface area contributed by atoms with Crippen LogP contribution in [0.1, 0.15) is 34.1 Å². The van der Waals surface area contributed by atoms with Gasteiger partial charge in [-0.25, -0.2) is 0 Å². The molecule has 1 saturated heterocycles. The number of hydrogen-bond acceptors (Lipinski definition) is 5. The van der Waals surface area contributed by atoms with Crippen LogP contribution < -0.4 is 0 Å². The molecule has 170 valence electrons. The van der Waals surface area contributed by atoms with Crippen LogP contribution in [0.25, 0.3) is 0 Å². The van der Waals surface area contributed by atoms with Gasteiger partial charge in [0.05, 0.1) is 6.61 Å². The molecule has 1 saturated carbocycles. The maximum Gasteiger partial charge on any atom is 0.151 e. The van der Waals surface area contributed by atoms with Gasteiger partial charge in [-0.05, 0) is 0 Å². The Bertz CT molecular complexity index is 301. The Labute approximate surface area is 318 Å². The molecule has 2 rings (SSSR count). The van der Waals surface area contributed by atoms with Gasteiger partial charge in [-0.2, -0.15) is 20.3 Å². The zero-order valence-electron chi connectivity index (χ0n) is 17.6. The van der Waals surface area contributed by atoms with E-state index in [0.29, 0.717) is 19.1 Å². The molecule has 0 aromatic heterocycles. The van der Waals surface area contributed by atoms with E-state index < -0.39 is 0 Å². The molecule has 0 aromatic carbocycles. The van der Waals surface area contributed by atoms with Gasteiger partial charge in [0.25, 0.3) is 0 Å². The molecule has 0 bridgehead atoms. The van der Waals surface area contributed by atoms with E-state index in [2.05, 4.69) is 12.8 Å². The molecule has 1 aliphatic carbocycles. The molecule has 30 heavy (non-hydrogen) atoms. The van der Waals surface area contributed by atoms with Gasteiger partial charge >= 0.3 is 0 Å². The van der Waals surface area contributed by atoms with Crippen LogP contribution in [0.2, 0.25) is 0 Å². The Hall–Kier alpha value is 5.87. The van der Waals surface area contributed by atoms with Crippen molar-refractivity contribution in [3.05, 3.63) is 25.7 Å². The minimum absolute atomic E-state index is 0. The molecule has 4 atom stereocenters. The average Bonchev–Trinajstić information content (AvgIpc) is 2.95. The normalized spacial score (nSPS) is 22.6. The summed E-state index contributed by atoms with van der Waals surface area (Å²) >= 11 is 0. The largest absolute Gasteiger partial charge is 0.411 e. The van der Waals surface area contributed by atoms with Gasteiger partial charge in [-0.15, -0.1) is 0 Å². The van der Waals surface area contributed by atoms with Crippen LogP contribution in [0.15, 0.2) is 0 Å². The van der Waals surface area contributed by atoms with Crippen LogP contribution in [0.5, 0.6) is 0 Å². The quantitative estimate of drug-likeness (QED) is 0.323. The summed E-state index contributed by atoms with van der Waals surface area (Å²) in [6, 6.07) is 0. The van der Waals surface area contributed by atoms with E-state index in [1.165, 1.54) is 0 Å². The minimum Gasteiger partial charge on any atom is -0.411 e. The molecule has 13 heteroatoms. The number of ether oxygens (including phenoxy) is 1. The summed E-state index contributed by atoms with van der Waals surface area (Å²) < 4.78 is 22.8. The first-order chi connectivity index (χ1) is 11.0. The third kappa shape index (κ3) is 38.4.